The van der Waals surface area contributed by atoms with Crippen LogP contribution in [0.25, 0.3) is 16.9 Å². The van der Waals surface area contributed by atoms with Gasteiger partial charge in [-0.1, -0.05) is 49.4 Å². The molecule has 0 amide bonds. The maximum atomic E-state index is 10.7. The zero-order valence-corrected chi connectivity index (χ0v) is 15.8. The van der Waals surface area contributed by atoms with Crippen LogP contribution in [0.1, 0.15) is 30.0 Å². The van der Waals surface area contributed by atoms with Gasteiger partial charge in [-0.3, -0.25) is 4.79 Å². The van der Waals surface area contributed by atoms with Gasteiger partial charge in [-0.05, 0) is 30.5 Å². The molecule has 1 heterocycles. The third-order valence-electron chi connectivity index (χ3n) is 4.62. The third kappa shape index (κ3) is 4.63. The zero-order chi connectivity index (χ0) is 19.2. The number of carboxylic acid groups (broad SMARTS) is 1. The molecule has 0 radical (unpaired) electrons. The lowest BCUT2D eigenvalue weighted by Gasteiger charge is -2.05. The number of benzene rings is 2. The van der Waals surface area contributed by atoms with Crippen molar-refractivity contribution in [1.29, 1.82) is 0 Å². The Kier molecular flexibility index (Phi) is 6.04. The first kappa shape index (κ1) is 18.9. The predicted molar refractivity (Wildman–Crippen MR) is 107 cm³/mol. The molecule has 2 N–H and O–H groups in total. The minimum absolute atomic E-state index is 0.104. The van der Waals surface area contributed by atoms with E-state index in [1.54, 1.807) is 0 Å². The van der Waals surface area contributed by atoms with Gasteiger partial charge in [-0.2, -0.15) is 5.10 Å². The molecule has 3 rings (SSSR count). The van der Waals surface area contributed by atoms with Gasteiger partial charge < -0.3 is 10.4 Å². The molecule has 0 saturated heterocycles. The van der Waals surface area contributed by atoms with E-state index in [0.717, 1.165) is 34.5 Å². The van der Waals surface area contributed by atoms with Crippen LogP contribution in [-0.4, -0.2) is 27.4 Å². The fourth-order valence-corrected chi connectivity index (χ4v) is 3.04. The molecule has 140 valence electrons. The molecule has 1 aromatic heterocycles. The van der Waals surface area contributed by atoms with E-state index >= 15 is 0 Å². The van der Waals surface area contributed by atoms with Gasteiger partial charge in [0, 0.05) is 30.4 Å². The summed E-state index contributed by atoms with van der Waals surface area (Å²) in [7, 11) is 0. The van der Waals surface area contributed by atoms with Crippen molar-refractivity contribution in [3.8, 4) is 16.9 Å². The Bertz CT molecular complexity index is 914. The average Bonchev–Trinajstić information content (AvgIpc) is 3.09. The highest BCUT2D eigenvalue weighted by Gasteiger charge is 2.13. The lowest BCUT2D eigenvalue weighted by Crippen LogP contribution is -2.17. The molecule has 5 heteroatoms. The van der Waals surface area contributed by atoms with Crippen LogP contribution < -0.4 is 5.32 Å². The standard InChI is InChI=1S/C22H25N3O2/c1-3-17-8-10-18(11-9-17)22-19(14-23-13-12-21(26)27)15-25(24-22)20-7-5-4-6-16(20)2/h4-11,15,23H,3,12-14H2,1-2H3,(H,26,27). The van der Waals surface area contributed by atoms with Crippen molar-refractivity contribution in [2.75, 3.05) is 6.54 Å². The summed E-state index contributed by atoms with van der Waals surface area (Å²) in [6.07, 6.45) is 3.13. The Balaban J connectivity index is 1.93. The number of nitrogens with zero attached hydrogens (tertiary/aromatic N) is 2. The molecule has 0 unspecified atom stereocenters. The van der Waals surface area contributed by atoms with Crippen LogP contribution in [0.3, 0.4) is 0 Å². The highest BCUT2D eigenvalue weighted by Crippen LogP contribution is 2.25. The van der Waals surface area contributed by atoms with E-state index in [1.165, 1.54) is 5.56 Å². The number of aromatic nitrogens is 2. The molecular weight excluding hydrogens is 338 g/mol. The number of nitrogens with one attached hydrogen (secondary N) is 1. The van der Waals surface area contributed by atoms with Crippen molar-refractivity contribution in [2.24, 2.45) is 0 Å². The van der Waals surface area contributed by atoms with Crippen molar-refractivity contribution in [3.63, 3.8) is 0 Å². The second kappa shape index (κ2) is 8.64. The van der Waals surface area contributed by atoms with Gasteiger partial charge in [0.05, 0.1) is 17.8 Å². The lowest BCUT2D eigenvalue weighted by molar-refractivity contribution is -0.136. The summed E-state index contributed by atoms with van der Waals surface area (Å²) in [4.78, 5) is 10.7. The monoisotopic (exact) mass is 363 g/mol. The molecule has 0 bridgehead atoms. The predicted octanol–water partition coefficient (Wildman–Crippen LogP) is 3.97. The molecule has 27 heavy (non-hydrogen) atoms. The van der Waals surface area contributed by atoms with Gasteiger partial charge in [0.25, 0.3) is 0 Å². The summed E-state index contributed by atoms with van der Waals surface area (Å²) in [5.41, 5.74) is 6.52. The van der Waals surface area contributed by atoms with Gasteiger partial charge in [0.1, 0.15) is 0 Å². The van der Waals surface area contributed by atoms with E-state index in [2.05, 4.69) is 49.5 Å². The number of aliphatic carboxylic acids is 1. The van der Waals surface area contributed by atoms with Gasteiger partial charge in [0.15, 0.2) is 0 Å². The maximum absolute atomic E-state index is 10.7. The summed E-state index contributed by atoms with van der Waals surface area (Å²) < 4.78 is 1.91. The Morgan fingerprint density at radius 3 is 2.56 bits per heavy atom. The Morgan fingerprint density at radius 1 is 1.15 bits per heavy atom. The van der Waals surface area contributed by atoms with E-state index in [-0.39, 0.29) is 6.42 Å². The van der Waals surface area contributed by atoms with Crippen LogP contribution in [-0.2, 0) is 17.8 Å². The quantitative estimate of drug-likeness (QED) is 0.594. The molecule has 0 aliphatic rings. The molecule has 0 aliphatic carbocycles. The minimum Gasteiger partial charge on any atom is -0.481 e. The second-order valence-corrected chi connectivity index (χ2v) is 6.60. The van der Waals surface area contributed by atoms with Crippen LogP contribution >= 0.6 is 0 Å². The van der Waals surface area contributed by atoms with Crippen molar-refractivity contribution < 1.29 is 9.90 Å². The maximum Gasteiger partial charge on any atom is 0.304 e. The first-order chi connectivity index (χ1) is 13.1. The van der Waals surface area contributed by atoms with E-state index in [4.69, 9.17) is 10.2 Å². The number of carbonyl (C=O) groups is 1. The second-order valence-electron chi connectivity index (χ2n) is 6.60. The fourth-order valence-electron chi connectivity index (χ4n) is 3.04. The molecule has 0 aliphatic heterocycles. The largest absolute Gasteiger partial charge is 0.481 e. The van der Waals surface area contributed by atoms with Gasteiger partial charge in [0.2, 0.25) is 0 Å². The molecule has 0 atom stereocenters. The number of para-hydroxylation sites is 1. The number of hydrogen-bond donors (Lipinski definition) is 2. The normalized spacial score (nSPS) is 10.9. The Hall–Kier alpha value is -2.92. The summed E-state index contributed by atoms with van der Waals surface area (Å²) in [6, 6.07) is 16.6. The number of carboxylic acids is 1. The number of rotatable bonds is 8. The Labute approximate surface area is 159 Å². The van der Waals surface area contributed by atoms with Crippen LogP contribution in [0.15, 0.2) is 54.7 Å². The third-order valence-corrected chi connectivity index (χ3v) is 4.62. The molecular formula is C22H25N3O2. The van der Waals surface area contributed by atoms with E-state index in [1.807, 2.05) is 29.1 Å². The van der Waals surface area contributed by atoms with Crippen LogP contribution in [0, 0.1) is 6.92 Å². The fraction of sp³-hybridized carbons (Fsp3) is 0.273. The highest BCUT2D eigenvalue weighted by molar-refractivity contribution is 5.67. The van der Waals surface area contributed by atoms with Crippen LogP contribution in [0.5, 0.6) is 0 Å². The van der Waals surface area contributed by atoms with Crippen molar-refractivity contribution in [2.45, 2.75) is 33.2 Å². The summed E-state index contributed by atoms with van der Waals surface area (Å²) >= 11 is 0. The van der Waals surface area contributed by atoms with Crippen LogP contribution in [0.4, 0.5) is 0 Å². The smallest absolute Gasteiger partial charge is 0.304 e. The van der Waals surface area contributed by atoms with Gasteiger partial charge in [-0.25, -0.2) is 4.68 Å². The van der Waals surface area contributed by atoms with E-state index < -0.39 is 5.97 Å². The highest BCUT2D eigenvalue weighted by atomic mass is 16.4. The Morgan fingerprint density at radius 2 is 1.89 bits per heavy atom. The first-order valence-corrected chi connectivity index (χ1v) is 9.25. The van der Waals surface area contributed by atoms with Crippen molar-refractivity contribution in [3.05, 3.63) is 71.4 Å². The first-order valence-electron chi connectivity index (χ1n) is 9.25. The molecule has 0 fully saturated rings. The molecule has 2 aromatic carbocycles. The SMILES string of the molecule is CCc1ccc(-c2nn(-c3ccccc3C)cc2CNCCC(=O)O)cc1. The van der Waals surface area contributed by atoms with E-state index in [9.17, 15) is 4.79 Å². The van der Waals surface area contributed by atoms with E-state index in [0.29, 0.717) is 13.1 Å². The molecule has 3 aromatic rings. The van der Waals surface area contributed by atoms with Crippen molar-refractivity contribution >= 4 is 5.97 Å². The minimum atomic E-state index is -0.798. The molecule has 0 spiro atoms. The topological polar surface area (TPSA) is 67.2 Å². The zero-order valence-electron chi connectivity index (χ0n) is 15.8. The lowest BCUT2D eigenvalue weighted by atomic mass is 10.0. The van der Waals surface area contributed by atoms with Crippen LogP contribution in [0.2, 0.25) is 0 Å². The number of aryl methyl sites for hydroxylation is 2. The van der Waals surface area contributed by atoms with Crippen molar-refractivity contribution in [1.82, 2.24) is 15.1 Å². The summed E-state index contributed by atoms with van der Waals surface area (Å²) in [5.74, 6) is -0.798. The molecule has 5 nitrogen and oxygen atoms in total. The number of hydrogen-bond acceptors (Lipinski definition) is 3. The molecule has 0 saturated carbocycles. The summed E-state index contributed by atoms with van der Waals surface area (Å²) in [5, 5.41) is 16.9. The summed E-state index contributed by atoms with van der Waals surface area (Å²) in [6.45, 7) is 5.21. The van der Waals surface area contributed by atoms with Gasteiger partial charge >= 0.3 is 5.97 Å². The average molecular weight is 363 g/mol. The van der Waals surface area contributed by atoms with Gasteiger partial charge in [-0.15, -0.1) is 0 Å².